The minimum Gasteiger partial charge on any atom is -0.466 e. The van der Waals surface area contributed by atoms with Crippen molar-refractivity contribution in [1.29, 1.82) is 0 Å². The van der Waals surface area contributed by atoms with Gasteiger partial charge in [-0.25, -0.2) is 0 Å². The Balaban J connectivity index is 3.75. The average Bonchev–Trinajstić information content (AvgIpc) is 2.57. The van der Waals surface area contributed by atoms with E-state index >= 15 is 0 Å². The van der Waals surface area contributed by atoms with Crippen LogP contribution >= 0.6 is 0 Å². The van der Waals surface area contributed by atoms with Crippen molar-refractivity contribution in [2.45, 2.75) is 96.9 Å². The van der Waals surface area contributed by atoms with Gasteiger partial charge >= 0.3 is 5.97 Å². The molecule has 140 valence electrons. The molecule has 1 N–H and O–H groups in total. The summed E-state index contributed by atoms with van der Waals surface area (Å²) in [6, 6.07) is 0.235. The van der Waals surface area contributed by atoms with E-state index in [1.165, 1.54) is 18.9 Å². The second-order valence-electron chi connectivity index (χ2n) is 6.43. The third-order valence-corrected chi connectivity index (χ3v) is 4.13. The quantitative estimate of drug-likeness (QED) is 0.247. The third-order valence-electron chi connectivity index (χ3n) is 4.13. The number of unbranched alkanes of at least 4 members (excludes halogenated alkanes) is 6. The fourth-order valence-electron chi connectivity index (χ4n) is 2.64. The zero-order valence-corrected chi connectivity index (χ0v) is 15.8. The molecule has 0 aromatic carbocycles. The Kier molecular flexibility index (Phi) is 15.6. The highest BCUT2D eigenvalue weighted by molar-refractivity contribution is 5.87. The molecule has 1 unspecified atom stereocenters. The Bertz CT molecular complexity index is 342. The maximum absolute atomic E-state index is 11.5. The van der Waals surface area contributed by atoms with Gasteiger partial charge in [0.05, 0.1) is 6.61 Å². The lowest BCUT2D eigenvalue weighted by atomic mass is 10.0. The Morgan fingerprint density at radius 1 is 0.958 bits per heavy atom. The molecule has 1 atom stereocenters. The number of rotatable bonds is 16. The van der Waals surface area contributed by atoms with Gasteiger partial charge in [-0.15, -0.1) is 0 Å². The van der Waals surface area contributed by atoms with E-state index in [-0.39, 0.29) is 17.9 Å². The summed E-state index contributed by atoms with van der Waals surface area (Å²) in [5, 5.41) is 3.02. The number of hydrogen-bond acceptors (Lipinski definition) is 3. The minimum absolute atomic E-state index is 0.0702. The molecule has 1 amide bonds. The van der Waals surface area contributed by atoms with Gasteiger partial charge in [-0.05, 0) is 38.2 Å². The van der Waals surface area contributed by atoms with Crippen molar-refractivity contribution >= 4 is 11.9 Å². The van der Waals surface area contributed by atoms with Crippen molar-refractivity contribution < 1.29 is 14.3 Å². The van der Waals surface area contributed by atoms with E-state index in [4.69, 9.17) is 4.74 Å². The molecule has 0 saturated carbocycles. The van der Waals surface area contributed by atoms with Gasteiger partial charge in [0.25, 0.3) is 0 Å². The van der Waals surface area contributed by atoms with Crippen molar-refractivity contribution in [3.63, 3.8) is 0 Å². The first kappa shape index (κ1) is 22.7. The number of hydrogen-bond donors (Lipinski definition) is 1. The largest absolute Gasteiger partial charge is 0.466 e. The first-order valence-corrected chi connectivity index (χ1v) is 9.72. The summed E-state index contributed by atoms with van der Waals surface area (Å²) in [4.78, 5) is 23.0. The van der Waals surface area contributed by atoms with E-state index in [0.29, 0.717) is 13.0 Å². The summed E-state index contributed by atoms with van der Waals surface area (Å²) in [7, 11) is 0. The van der Waals surface area contributed by atoms with Crippen molar-refractivity contribution in [2.75, 3.05) is 6.61 Å². The highest BCUT2D eigenvalue weighted by Gasteiger charge is 2.10. The second kappa shape index (κ2) is 16.5. The summed E-state index contributed by atoms with van der Waals surface area (Å²) < 4.78 is 5.24. The molecule has 4 heteroatoms. The zero-order chi connectivity index (χ0) is 18.0. The van der Waals surface area contributed by atoms with Crippen LogP contribution in [0.1, 0.15) is 90.9 Å². The van der Waals surface area contributed by atoms with Gasteiger partial charge in [0.15, 0.2) is 0 Å². The van der Waals surface area contributed by atoms with Crippen molar-refractivity contribution in [3.05, 3.63) is 12.7 Å². The molecule has 0 rings (SSSR count). The molecule has 0 aliphatic heterocycles. The second-order valence-corrected chi connectivity index (χ2v) is 6.43. The number of carbonyl (C=O) groups excluding carboxylic acids is 2. The van der Waals surface area contributed by atoms with Crippen molar-refractivity contribution in [3.8, 4) is 0 Å². The first-order chi connectivity index (χ1) is 11.6. The van der Waals surface area contributed by atoms with Gasteiger partial charge in [0, 0.05) is 12.5 Å². The van der Waals surface area contributed by atoms with Gasteiger partial charge in [-0.1, -0.05) is 59.0 Å². The van der Waals surface area contributed by atoms with Crippen molar-refractivity contribution in [2.24, 2.45) is 0 Å². The Hall–Kier alpha value is -1.32. The molecular formula is C20H37NO3. The summed E-state index contributed by atoms with van der Waals surface area (Å²) >= 11 is 0. The monoisotopic (exact) mass is 339 g/mol. The molecular weight excluding hydrogens is 302 g/mol. The van der Waals surface area contributed by atoms with Gasteiger partial charge < -0.3 is 10.1 Å². The van der Waals surface area contributed by atoms with E-state index in [2.05, 4.69) is 25.7 Å². The number of esters is 1. The number of nitrogens with one attached hydrogen (secondary N) is 1. The third kappa shape index (κ3) is 14.3. The Morgan fingerprint density at radius 3 is 2.21 bits per heavy atom. The fraction of sp³-hybridized carbons (Fsp3) is 0.800. The molecule has 0 heterocycles. The fourth-order valence-corrected chi connectivity index (χ4v) is 2.64. The van der Waals surface area contributed by atoms with Crippen LogP contribution in [0, 0.1) is 0 Å². The van der Waals surface area contributed by atoms with Crippen LogP contribution in [0.3, 0.4) is 0 Å². The van der Waals surface area contributed by atoms with E-state index < -0.39 is 0 Å². The van der Waals surface area contributed by atoms with Crippen LogP contribution in [0.4, 0.5) is 0 Å². The van der Waals surface area contributed by atoms with E-state index in [1.807, 2.05) is 0 Å². The van der Waals surface area contributed by atoms with Crippen molar-refractivity contribution in [1.82, 2.24) is 5.32 Å². The molecule has 0 aliphatic carbocycles. The lowest BCUT2D eigenvalue weighted by Gasteiger charge is -2.17. The summed E-state index contributed by atoms with van der Waals surface area (Å²) in [5.41, 5.74) is 0. The van der Waals surface area contributed by atoms with E-state index in [9.17, 15) is 9.59 Å². The predicted molar refractivity (Wildman–Crippen MR) is 99.8 cm³/mol. The summed E-state index contributed by atoms with van der Waals surface area (Å²) in [6.45, 7) is 8.34. The summed E-state index contributed by atoms with van der Waals surface area (Å²) in [5.74, 6) is -0.156. The molecule has 0 saturated heterocycles. The number of amides is 1. The van der Waals surface area contributed by atoms with Gasteiger partial charge in [-0.2, -0.15) is 0 Å². The zero-order valence-electron chi connectivity index (χ0n) is 15.8. The smallest absolute Gasteiger partial charge is 0.305 e. The van der Waals surface area contributed by atoms with Crippen LogP contribution in [0.2, 0.25) is 0 Å². The average molecular weight is 340 g/mol. The molecule has 0 bridgehead atoms. The normalized spacial score (nSPS) is 11.8. The van der Waals surface area contributed by atoms with Crippen LogP contribution in [0.25, 0.3) is 0 Å². The highest BCUT2D eigenvalue weighted by Crippen LogP contribution is 2.11. The Labute approximate surface area is 148 Å². The maximum atomic E-state index is 11.5. The highest BCUT2D eigenvalue weighted by atomic mass is 16.5. The molecule has 24 heavy (non-hydrogen) atoms. The Morgan fingerprint density at radius 2 is 1.58 bits per heavy atom. The van der Waals surface area contributed by atoms with Crippen LogP contribution in [0.15, 0.2) is 12.7 Å². The SMILES string of the molecule is C=CC(=O)NC(CCCCC)CCCCCOC(=O)CCCCC. The number of carbonyl (C=O) groups is 2. The lowest BCUT2D eigenvalue weighted by Crippen LogP contribution is -2.33. The van der Waals surface area contributed by atoms with Crippen LogP contribution < -0.4 is 5.32 Å². The van der Waals surface area contributed by atoms with Crippen LogP contribution in [-0.2, 0) is 14.3 Å². The molecule has 4 nitrogen and oxygen atoms in total. The molecule has 0 radical (unpaired) electrons. The van der Waals surface area contributed by atoms with E-state index in [1.54, 1.807) is 0 Å². The van der Waals surface area contributed by atoms with E-state index in [0.717, 1.165) is 57.8 Å². The maximum Gasteiger partial charge on any atom is 0.305 e. The molecule has 0 aromatic heterocycles. The topological polar surface area (TPSA) is 55.4 Å². The van der Waals surface area contributed by atoms with Crippen LogP contribution in [0.5, 0.6) is 0 Å². The number of ether oxygens (including phenoxy) is 1. The lowest BCUT2D eigenvalue weighted by molar-refractivity contribution is -0.143. The molecule has 0 spiro atoms. The minimum atomic E-state index is -0.0856. The van der Waals surface area contributed by atoms with Gasteiger partial charge in [0.2, 0.25) is 5.91 Å². The molecule has 0 fully saturated rings. The van der Waals surface area contributed by atoms with Crippen LogP contribution in [-0.4, -0.2) is 24.5 Å². The van der Waals surface area contributed by atoms with Gasteiger partial charge in [-0.3, -0.25) is 9.59 Å². The molecule has 0 aromatic rings. The first-order valence-electron chi connectivity index (χ1n) is 9.72. The van der Waals surface area contributed by atoms with Gasteiger partial charge in [0.1, 0.15) is 0 Å². The predicted octanol–water partition coefficient (Wildman–Crippen LogP) is 4.92. The summed E-state index contributed by atoms with van der Waals surface area (Å²) in [6.07, 6.45) is 13.5. The molecule has 0 aliphatic rings. The standard InChI is InChI=1S/C20H37NO3/c1-4-7-10-14-18(21-19(22)6-3)15-12-9-13-17-24-20(23)16-11-8-5-2/h6,18H,3-5,7-17H2,1-2H3,(H,21,22).